The molecule has 1 aliphatic carbocycles. The van der Waals surface area contributed by atoms with Crippen LogP contribution in [0, 0.1) is 23.7 Å². The molecule has 5 nitrogen and oxygen atoms in total. The van der Waals surface area contributed by atoms with E-state index in [1.165, 1.54) is 0 Å². The molecule has 5 atom stereocenters. The van der Waals surface area contributed by atoms with E-state index in [0.717, 1.165) is 57.4 Å². The number of carbonyl (C=O) groups excluding carboxylic acids is 1. The molecule has 3 aliphatic heterocycles. The summed E-state index contributed by atoms with van der Waals surface area (Å²) in [6.45, 7) is 9.25. The standard InChI is InChI=1S/C24H38N4O/c1-17(2)15-28-16-19-12-24(23(29)26-13-18-8-4-3-5-9-18)21(10-6-7-11-25)22(28)20(19)14-27-24/h3-5,8-9,17,19-22,27H,6-7,10-16,25H2,1-2H3,(H,26,29)/t19-,20-,21-,22-,24+/m1/s1. The van der Waals surface area contributed by atoms with Crippen molar-refractivity contribution >= 4 is 5.91 Å². The molecule has 3 heterocycles. The number of fused-ring (bicyclic) bond motifs is 1. The molecular formula is C24H38N4O. The van der Waals surface area contributed by atoms with Crippen molar-refractivity contribution in [1.82, 2.24) is 15.5 Å². The molecule has 1 saturated carbocycles. The van der Waals surface area contributed by atoms with Gasteiger partial charge in [-0.1, -0.05) is 50.6 Å². The second-order valence-corrected chi connectivity index (χ2v) is 9.88. The summed E-state index contributed by atoms with van der Waals surface area (Å²) < 4.78 is 0. The van der Waals surface area contributed by atoms with E-state index >= 15 is 0 Å². The number of carbonyl (C=O) groups is 1. The molecule has 0 unspecified atom stereocenters. The molecule has 0 aromatic heterocycles. The Labute approximate surface area is 175 Å². The lowest BCUT2D eigenvalue weighted by Gasteiger charge is -2.56. The van der Waals surface area contributed by atoms with Gasteiger partial charge in [0.25, 0.3) is 0 Å². The first-order chi connectivity index (χ1) is 14.0. The van der Waals surface area contributed by atoms with E-state index in [1.54, 1.807) is 0 Å². The molecule has 29 heavy (non-hydrogen) atoms. The maximum Gasteiger partial charge on any atom is 0.240 e. The number of unbranched alkanes of at least 4 members (excludes halogenated alkanes) is 1. The van der Waals surface area contributed by atoms with E-state index in [2.05, 4.69) is 41.5 Å². The highest BCUT2D eigenvalue weighted by molar-refractivity contribution is 5.87. The molecule has 4 N–H and O–H groups in total. The number of rotatable bonds is 9. The van der Waals surface area contributed by atoms with Crippen LogP contribution in [-0.4, -0.2) is 48.6 Å². The second kappa shape index (κ2) is 8.75. The van der Waals surface area contributed by atoms with Crippen LogP contribution in [0.3, 0.4) is 0 Å². The van der Waals surface area contributed by atoms with Crippen LogP contribution in [0.5, 0.6) is 0 Å². The number of amides is 1. The van der Waals surface area contributed by atoms with E-state index in [0.29, 0.717) is 36.3 Å². The van der Waals surface area contributed by atoms with Crippen LogP contribution in [0.25, 0.3) is 0 Å². The summed E-state index contributed by atoms with van der Waals surface area (Å²) in [5, 5.41) is 7.04. The van der Waals surface area contributed by atoms with Gasteiger partial charge in [-0.3, -0.25) is 9.69 Å². The first-order valence-electron chi connectivity index (χ1n) is 11.6. The van der Waals surface area contributed by atoms with Gasteiger partial charge in [0.1, 0.15) is 5.54 Å². The van der Waals surface area contributed by atoms with Crippen molar-refractivity contribution in [2.45, 2.75) is 57.7 Å². The van der Waals surface area contributed by atoms with Gasteiger partial charge in [0.2, 0.25) is 5.91 Å². The third-order valence-corrected chi connectivity index (χ3v) is 7.49. The van der Waals surface area contributed by atoms with E-state index in [4.69, 9.17) is 5.73 Å². The number of nitrogens with one attached hydrogen (secondary N) is 2. The smallest absolute Gasteiger partial charge is 0.240 e. The summed E-state index contributed by atoms with van der Waals surface area (Å²) in [6, 6.07) is 10.8. The van der Waals surface area contributed by atoms with Crippen LogP contribution < -0.4 is 16.4 Å². The predicted octanol–water partition coefficient (Wildman–Crippen LogP) is 2.37. The Bertz CT molecular complexity index is 693. The van der Waals surface area contributed by atoms with Gasteiger partial charge in [-0.2, -0.15) is 0 Å². The number of nitrogens with zero attached hydrogens (tertiary/aromatic N) is 1. The lowest BCUT2D eigenvalue weighted by molar-refractivity contribution is -0.139. The molecule has 5 rings (SSSR count). The number of hydrogen-bond acceptors (Lipinski definition) is 4. The Morgan fingerprint density at radius 2 is 2.10 bits per heavy atom. The van der Waals surface area contributed by atoms with Gasteiger partial charge < -0.3 is 16.4 Å². The summed E-state index contributed by atoms with van der Waals surface area (Å²) in [4.78, 5) is 16.3. The van der Waals surface area contributed by atoms with Gasteiger partial charge in [0.05, 0.1) is 0 Å². The van der Waals surface area contributed by atoms with E-state index < -0.39 is 5.54 Å². The summed E-state index contributed by atoms with van der Waals surface area (Å²) in [7, 11) is 0. The number of benzene rings is 1. The lowest BCUT2D eigenvalue weighted by atomic mass is 9.58. The highest BCUT2D eigenvalue weighted by atomic mass is 16.2. The number of likely N-dealkylation sites (tertiary alicyclic amines) is 1. The third-order valence-electron chi connectivity index (χ3n) is 7.49. The van der Waals surface area contributed by atoms with Crippen molar-refractivity contribution in [3.05, 3.63) is 35.9 Å². The SMILES string of the molecule is CC(C)CN1C[C@H]2C[C@]3(C(=O)NCc4ccccc4)NC[C@H]2[C@@H]1[C@H]3CCCCN. The van der Waals surface area contributed by atoms with Crippen LogP contribution in [0.15, 0.2) is 30.3 Å². The summed E-state index contributed by atoms with van der Waals surface area (Å²) in [5.74, 6) is 2.58. The van der Waals surface area contributed by atoms with Crippen LogP contribution in [0.4, 0.5) is 0 Å². The third kappa shape index (κ3) is 3.97. The molecule has 1 aromatic carbocycles. The molecule has 5 heteroatoms. The average Bonchev–Trinajstić information content (AvgIpc) is 3.01. The van der Waals surface area contributed by atoms with Crippen LogP contribution >= 0.6 is 0 Å². The second-order valence-electron chi connectivity index (χ2n) is 9.88. The van der Waals surface area contributed by atoms with E-state index in [-0.39, 0.29) is 5.91 Å². The molecule has 4 bridgehead atoms. The van der Waals surface area contributed by atoms with Gasteiger partial charge in [-0.25, -0.2) is 0 Å². The van der Waals surface area contributed by atoms with Crippen molar-refractivity contribution in [1.29, 1.82) is 0 Å². The monoisotopic (exact) mass is 398 g/mol. The summed E-state index contributed by atoms with van der Waals surface area (Å²) >= 11 is 0. The highest BCUT2D eigenvalue weighted by Gasteiger charge is 2.64. The Hall–Kier alpha value is -1.43. The van der Waals surface area contributed by atoms with Crippen molar-refractivity contribution in [2.24, 2.45) is 29.4 Å². The molecule has 3 saturated heterocycles. The molecule has 1 aromatic rings. The fourth-order valence-electron chi connectivity index (χ4n) is 6.39. The van der Waals surface area contributed by atoms with Gasteiger partial charge in [0, 0.05) is 38.1 Å². The largest absolute Gasteiger partial charge is 0.350 e. The van der Waals surface area contributed by atoms with Crippen LogP contribution in [0.1, 0.15) is 45.1 Å². The predicted molar refractivity (Wildman–Crippen MR) is 117 cm³/mol. The molecule has 4 aliphatic rings. The normalized spacial score (nSPS) is 33.4. The summed E-state index contributed by atoms with van der Waals surface area (Å²) in [5.41, 5.74) is 6.53. The van der Waals surface area contributed by atoms with Crippen molar-refractivity contribution in [2.75, 3.05) is 26.2 Å². The molecule has 160 valence electrons. The van der Waals surface area contributed by atoms with Crippen molar-refractivity contribution in [3.8, 4) is 0 Å². The minimum atomic E-state index is -0.417. The number of hydrogen-bond donors (Lipinski definition) is 3. The minimum Gasteiger partial charge on any atom is -0.350 e. The molecule has 0 spiro atoms. The Morgan fingerprint density at radius 1 is 1.31 bits per heavy atom. The quantitative estimate of drug-likeness (QED) is 0.559. The fourth-order valence-corrected chi connectivity index (χ4v) is 6.39. The van der Waals surface area contributed by atoms with E-state index in [9.17, 15) is 4.79 Å². The summed E-state index contributed by atoms with van der Waals surface area (Å²) in [6.07, 6.45) is 4.23. The molecule has 1 amide bonds. The highest BCUT2D eigenvalue weighted by Crippen LogP contribution is 2.53. The zero-order valence-electron chi connectivity index (χ0n) is 18.1. The maximum atomic E-state index is 13.6. The Kier molecular flexibility index (Phi) is 6.28. The Morgan fingerprint density at radius 3 is 2.83 bits per heavy atom. The van der Waals surface area contributed by atoms with Gasteiger partial charge >= 0.3 is 0 Å². The number of nitrogens with two attached hydrogens (primary N) is 1. The maximum absolute atomic E-state index is 13.6. The van der Waals surface area contributed by atoms with Crippen LogP contribution in [0.2, 0.25) is 0 Å². The van der Waals surface area contributed by atoms with Crippen LogP contribution in [-0.2, 0) is 11.3 Å². The van der Waals surface area contributed by atoms with E-state index in [1.807, 2.05) is 18.2 Å². The van der Waals surface area contributed by atoms with Gasteiger partial charge in [-0.05, 0) is 49.1 Å². The van der Waals surface area contributed by atoms with Gasteiger partial charge in [-0.15, -0.1) is 0 Å². The molecular weight excluding hydrogens is 360 g/mol. The molecule has 0 radical (unpaired) electrons. The lowest BCUT2D eigenvalue weighted by Crippen LogP contribution is -2.73. The topological polar surface area (TPSA) is 70.4 Å². The average molecular weight is 399 g/mol. The van der Waals surface area contributed by atoms with Gasteiger partial charge in [0.15, 0.2) is 0 Å². The van der Waals surface area contributed by atoms with Crippen molar-refractivity contribution < 1.29 is 4.79 Å². The zero-order chi connectivity index (χ0) is 20.4. The molecule has 4 fully saturated rings. The van der Waals surface area contributed by atoms with Crippen molar-refractivity contribution in [3.63, 3.8) is 0 Å². The fraction of sp³-hybridized carbons (Fsp3) is 0.708. The zero-order valence-corrected chi connectivity index (χ0v) is 18.1. The Balaban J connectivity index is 1.55. The first-order valence-corrected chi connectivity index (χ1v) is 11.6. The minimum absolute atomic E-state index is 0.207. The first kappa shape index (κ1) is 20.8. The number of piperidine rings is 2.